The van der Waals surface area contributed by atoms with Crippen LogP contribution in [0.1, 0.15) is 28.1 Å². The molecule has 0 aliphatic heterocycles. The molecule has 0 radical (unpaired) electrons. The Hall–Kier alpha value is -1.19. The molecule has 3 heteroatoms. The third-order valence-electron chi connectivity index (χ3n) is 3.58. The highest BCUT2D eigenvalue weighted by molar-refractivity contribution is 7.15. The Balaban J connectivity index is 1.97. The molecule has 3 rings (SSSR count). The van der Waals surface area contributed by atoms with Crippen molar-refractivity contribution in [1.82, 2.24) is 4.98 Å². The van der Waals surface area contributed by atoms with Crippen LogP contribution in [0.3, 0.4) is 0 Å². The minimum absolute atomic E-state index is 0.201. The summed E-state index contributed by atoms with van der Waals surface area (Å²) in [4.78, 5) is 5.83. The molecule has 2 aromatic rings. The molecule has 1 aromatic carbocycles. The first-order valence-electron chi connectivity index (χ1n) is 6.47. The van der Waals surface area contributed by atoms with E-state index in [1.54, 1.807) is 11.3 Å². The third-order valence-corrected chi connectivity index (χ3v) is 4.84. The van der Waals surface area contributed by atoms with Crippen molar-refractivity contribution in [2.24, 2.45) is 0 Å². The molecule has 94 valence electrons. The first-order valence-corrected chi connectivity index (χ1v) is 7.29. The molecule has 1 aliphatic rings. The monoisotopic (exact) mass is 259 g/mol. The van der Waals surface area contributed by atoms with E-state index >= 15 is 0 Å². The maximum Gasteiger partial charge on any atom is 0.123 e. The quantitative estimate of drug-likeness (QED) is 0.918. The van der Waals surface area contributed by atoms with Gasteiger partial charge >= 0.3 is 0 Å². The van der Waals surface area contributed by atoms with Gasteiger partial charge < -0.3 is 5.11 Å². The number of benzene rings is 1. The van der Waals surface area contributed by atoms with Gasteiger partial charge in [-0.1, -0.05) is 12.1 Å². The van der Waals surface area contributed by atoms with Gasteiger partial charge in [0.1, 0.15) is 5.01 Å². The van der Waals surface area contributed by atoms with Crippen LogP contribution in [0.4, 0.5) is 0 Å². The number of thiazole rings is 1. The lowest BCUT2D eigenvalue weighted by Crippen LogP contribution is -1.88. The Bertz CT molecular complexity index is 574. The van der Waals surface area contributed by atoms with Gasteiger partial charge in [-0.25, -0.2) is 4.98 Å². The standard InChI is InChI=1S/C15H17NOS/c1-10-14(7-8-17)18-15(16-10)13-6-5-11-3-2-4-12(11)9-13/h5-6,9,17H,2-4,7-8H2,1H3. The summed E-state index contributed by atoms with van der Waals surface area (Å²) < 4.78 is 0. The van der Waals surface area contributed by atoms with E-state index in [1.165, 1.54) is 40.8 Å². The van der Waals surface area contributed by atoms with Crippen molar-refractivity contribution in [3.63, 3.8) is 0 Å². The molecule has 1 aromatic heterocycles. The molecule has 0 fully saturated rings. The molecular weight excluding hydrogens is 242 g/mol. The average molecular weight is 259 g/mol. The van der Waals surface area contributed by atoms with E-state index in [9.17, 15) is 0 Å². The zero-order chi connectivity index (χ0) is 12.5. The van der Waals surface area contributed by atoms with Gasteiger partial charge in [-0.3, -0.25) is 0 Å². The van der Waals surface area contributed by atoms with Crippen LogP contribution in [0.2, 0.25) is 0 Å². The van der Waals surface area contributed by atoms with Crippen LogP contribution in [0.5, 0.6) is 0 Å². The second-order valence-electron chi connectivity index (χ2n) is 4.84. The Morgan fingerprint density at radius 3 is 2.94 bits per heavy atom. The van der Waals surface area contributed by atoms with Gasteiger partial charge in [0.2, 0.25) is 0 Å². The highest BCUT2D eigenvalue weighted by atomic mass is 32.1. The third kappa shape index (κ3) is 2.08. The fourth-order valence-corrected chi connectivity index (χ4v) is 3.64. The van der Waals surface area contributed by atoms with Crippen LogP contribution >= 0.6 is 11.3 Å². The predicted molar refractivity (Wildman–Crippen MR) is 75.1 cm³/mol. The number of aromatic nitrogens is 1. The first kappa shape index (κ1) is 11.9. The summed E-state index contributed by atoms with van der Waals surface area (Å²) in [6.07, 6.45) is 4.43. The summed E-state index contributed by atoms with van der Waals surface area (Å²) in [7, 11) is 0. The number of hydrogen-bond acceptors (Lipinski definition) is 3. The van der Waals surface area contributed by atoms with Gasteiger partial charge in [0.15, 0.2) is 0 Å². The Kier molecular flexibility index (Phi) is 3.18. The van der Waals surface area contributed by atoms with Crippen molar-refractivity contribution in [3.05, 3.63) is 39.9 Å². The van der Waals surface area contributed by atoms with Gasteiger partial charge in [0.25, 0.3) is 0 Å². The summed E-state index contributed by atoms with van der Waals surface area (Å²) >= 11 is 1.71. The van der Waals surface area contributed by atoms with E-state index in [0.29, 0.717) is 6.42 Å². The number of rotatable bonds is 3. The van der Waals surface area contributed by atoms with Crippen LogP contribution in [0.15, 0.2) is 18.2 Å². The van der Waals surface area contributed by atoms with Gasteiger partial charge in [-0.15, -0.1) is 11.3 Å². The number of nitrogens with zero attached hydrogens (tertiary/aromatic N) is 1. The fourth-order valence-electron chi connectivity index (χ4n) is 2.59. The highest BCUT2D eigenvalue weighted by Crippen LogP contribution is 2.32. The van der Waals surface area contributed by atoms with E-state index < -0.39 is 0 Å². The van der Waals surface area contributed by atoms with Crippen molar-refractivity contribution >= 4 is 11.3 Å². The number of hydrogen-bond donors (Lipinski definition) is 1. The summed E-state index contributed by atoms with van der Waals surface area (Å²) in [6, 6.07) is 6.73. The summed E-state index contributed by atoms with van der Waals surface area (Å²) in [5, 5.41) is 10.1. The first-order chi connectivity index (χ1) is 8.78. The lowest BCUT2D eigenvalue weighted by atomic mass is 10.1. The van der Waals surface area contributed by atoms with E-state index in [-0.39, 0.29) is 6.61 Å². The van der Waals surface area contributed by atoms with Crippen LogP contribution in [0.25, 0.3) is 10.6 Å². The van der Waals surface area contributed by atoms with Crippen LogP contribution in [0, 0.1) is 6.92 Å². The van der Waals surface area contributed by atoms with Crippen molar-refractivity contribution in [3.8, 4) is 10.6 Å². The SMILES string of the molecule is Cc1nc(-c2ccc3c(c2)CCC3)sc1CCO. The van der Waals surface area contributed by atoms with E-state index in [0.717, 1.165) is 10.7 Å². The maximum absolute atomic E-state index is 9.03. The molecule has 1 heterocycles. The number of fused-ring (bicyclic) bond motifs is 1. The molecule has 0 spiro atoms. The smallest absolute Gasteiger partial charge is 0.123 e. The van der Waals surface area contributed by atoms with Crippen molar-refractivity contribution in [1.29, 1.82) is 0 Å². The van der Waals surface area contributed by atoms with Crippen molar-refractivity contribution < 1.29 is 5.11 Å². The minimum atomic E-state index is 0.201. The van der Waals surface area contributed by atoms with Crippen molar-refractivity contribution in [2.45, 2.75) is 32.6 Å². The fraction of sp³-hybridized carbons (Fsp3) is 0.400. The number of aliphatic hydroxyl groups excluding tert-OH is 1. The normalized spacial score (nSPS) is 13.9. The lowest BCUT2D eigenvalue weighted by molar-refractivity contribution is 0.300. The molecule has 18 heavy (non-hydrogen) atoms. The Morgan fingerprint density at radius 2 is 2.11 bits per heavy atom. The summed E-state index contributed by atoms with van der Waals surface area (Å²) in [5.74, 6) is 0. The summed E-state index contributed by atoms with van der Waals surface area (Å²) in [5.41, 5.74) is 5.28. The van der Waals surface area contributed by atoms with Gasteiger partial charge in [0.05, 0.1) is 5.69 Å². The molecule has 0 amide bonds. The van der Waals surface area contributed by atoms with E-state index in [4.69, 9.17) is 5.11 Å². The second kappa shape index (κ2) is 4.82. The Labute approximate surface area is 111 Å². The molecule has 1 N–H and O–H groups in total. The highest BCUT2D eigenvalue weighted by Gasteiger charge is 2.14. The lowest BCUT2D eigenvalue weighted by Gasteiger charge is -2.01. The largest absolute Gasteiger partial charge is 0.396 e. The van der Waals surface area contributed by atoms with Crippen LogP contribution in [-0.4, -0.2) is 16.7 Å². The van der Waals surface area contributed by atoms with Crippen LogP contribution < -0.4 is 0 Å². The molecule has 0 bridgehead atoms. The number of aliphatic hydroxyl groups is 1. The molecule has 0 saturated carbocycles. The predicted octanol–water partition coefficient (Wildman–Crippen LogP) is 3.14. The topological polar surface area (TPSA) is 33.1 Å². The zero-order valence-corrected chi connectivity index (χ0v) is 11.4. The van der Waals surface area contributed by atoms with Gasteiger partial charge in [-0.05, 0) is 43.4 Å². The molecule has 0 atom stereocenters. The molecule has 2 nitrogen and oxygen atoms in total. The number of aryl methyl sites for hydroxylation is 3. The van der Waals surface area contributed by atoms with E-state index in [2.05, 4.69) is 23.2 Å². The Morgan fingerprint density at radius 1 is 1.28 bits per heavy atom. The van der Waals surface area contributed by atoms with E-state index in [1.807, 2.05) is 6.92 Å². The molecular formula is C15H17NOS. The molecule has 0 unspecified atom stereocenters. The van der Waals surface area contributed by atoms with Gasteiger partial charge in [0, 0.05) is 23.5 Å². The summed E-state index contributed by atoms with van der Waals surface area (Å²) in [6.45, 7) is 2.23. The average Bonchev–Trinajstić information content (AvgIpc) is 2.96. The maximum atomic E-state index is 9.03. The second-order valence-corrected chi connectivity index (χ2v) is 5.92. The zero-order valence-electron chi connectivity index (χ0n) is 10.6. The molecule has 1 aliphatic carbocycles. The van der Waals surface area contributed by atoms with Crippen LogP contribution in [-0.2, 0) is 19.3 Å². The minimum Gasteiger partial charge on any atom is -0.396 e. The van der Waals surface area contributed by atoms with Crippen molar-refractivity contribution in [2.75, 3.05) is 6.61 Å². The molecule has 0 saturated heterocycles. The van der Waals surface area contributed by atoms with Gasteiger partial charge in [-0.2, -0.15) is 0 Å².